The first kappa shape index (κ1) is 18.1. The van der Waals surface area contributed by atoms with E-state index in [1.165, 1.54) is 11.1 Å². The van der Waals surface area contributed by atoms with Gasteiger partial charge in [0.05, 0.1) is 18.2 Å². The Balaban J connectivity index is 2.10. The number of carbonyl (C=O) groups is 1. The third-order valence-corrected chi connectivity index (χ3v) is 4.94. The maximum atomic E-state index is 12.7. The first-order valence-electron chi connectivity index (χ1n) is 7.95. The molecule has 0 aliphatic heterocycles. The lowest BCUT2D eigenvalue weighted by Gasteiger charge is -2.22. The van der Waals surface area contributed by atoms with Gasteiger partial charge < -0.3 is 4.90 Å². The van der Waals surface area contributed by atoms with Crippen molar-refractivity contribution >= 4 is 23.4 Å². The molecule has 24 heavy (non-hydrogen) atoms. The van der Waals surface area contributed by atoms with E-state index in [1.807, 2.05) is 31.2 Å². The summed E-state index contributed by atoms with van der Waals surface area (Å²) in [6.07, 6.45) is 0.327. The van der Waals surface area contributed by atoms with Crippen LogP contribution in [0.2, 0.25) is 0 Å². The van der Waals surface area contributed by atoms with Crippen LogP contribution in [0.4, 0.5) is 5.69 Å². The average molecular weight is 338 g/mol. The smallest absolute Gasteiger partial charge is 0.237 e. The first-order chi connectivity index (χ1) is 11.5. The zero-order valence-corrected chi connectivity index (χ0v) is 15.2. The molecule has 0 heterocycles. The summed E-state index contributed by atoms with van der Waals surface area (Å²) in [5, 5.41) is 8.87. The third-order valence-electron chi connectivity index (χ3n) is 3.78. The zero-order chi connectivity index (χ0) is 17.5. The van der Waals surface area contributed by atoms with Crippen LogP contribution in [-0.4, -0.2) is 18.2 Å². The van der Waals surface area contributed by atoms with Crippen LogP contribution in [-0.2, 0) is 4.79 Å². The van der Waals surface area contributed by atoms with E-state index in [2.05, 4.69) is 38.1 Å². The molecule has 0 N–H and O–H groups in total. The Morgan fingerprint density at radius 1 is 1.08 bits per heavy atom. The van der Waals surface area contributed by atoms with Gasteiger partial charge in [-0.05, 0) is 44.5 Å². The molecule has 0 radical (unpaired) electrons. The van der Waals surface area contributed by atoms with Crippen molar-refractivity contribution in [3.05, 3.63) is 59.2 Å². The first-order valence-corrected chi connectivity index (χ1v) is 8.94. The summed E-state index contributed by atoms with van der Waals surface area (Å²) in [5.74, 6) is 0.391. The summed E-state index contributed by atoms with van der Waals surface area (Å²) >= 11 is 1.55. The Kier molecular flexibility index (Phi) is 6.45. The van der Waals surface area contributed by atoms with E-state index in [0.29, 0.717) is 18.7 Å². The highest BCUT2D eigenvalue weighted by molar-refractivity contribution is 8.00. The molecule has 0 fully saturated rings. The monoisotopic (exact) mass is 338 g/mol. The number of nitrogens with zero attached hydrogens (tertiary/aromatic N) is 2. The fourth-order valence-electron chi connectivity index (χ4n) is 2.46. The van der Waals surface area contributed by atoms with Gasteiger partial charge in [0.1, 0.15) is 0 Å². The molecule has 0 saturated heterocycles. The van der Waals surface area contributed by atoms with Crippen molar-refractivity contribution in [2.45, 2.75) is 32.1 Å². The summed E-state index contributed by atoms with van der Waals surface area (Å²) in [4.78, 5) is 15.5. The second-order valence-electron chi connectivity index (χ2n) is 5.85. The van der Waals surface area contributed by atoms with Gasteiger partial charge >= 0.3 is 0 Å². The SMILES string of the molecule is Cc1ccc(N(CCC#N)C(=O)CSc2ccc(C)cc2C)cc1. The van der Waals surface area contributed by atoms with Crippen molar-refractivity contribution in [2.24, 2.45) is 0 Å². The minimum absolute atomic E-state index is 0.0269. The number of rotatable bonds is 6. The minimum Gasteiger partial charge on any atom is -0.311 e. The van der Waals surface area contributed by atoms with Crippen molar-refractivity contribution in [1.82, 2.24) is 0 Å². The highest BCUT2D eigenvalue weighted by atomic mass is 32.2. The highest BCUT2D eigenvalue weighted by Gasteiger charge is 2.16. The normalized spacial score (nSPS) is 10.2. The quantitative estimate of drug-likeness (QED) is 0.720. The molecular formula is C20H22N2OS. The van der Waals surface area contributed by atoms with Gasteiger partial charge in [-0.25, -0.2) is 0 Å². The molecule has 0 unspecified atom stereocenters. The van der Waals surface area contributed by atoms with Gasteiger partial charge in [0, 0.05) is 17.1 Å². The van der Waals surface area contributed by atoms with Crippen molar-refractivity contribution in [2.75, 3.05) is 17.2 Å². The summed E-state index contributed by atoms with van der Waals surface area (Å²) in [6.45, 7) is 6.56. The van der Waals surface area contributed by atoms with Crippen LogP contribution >= 0.6 is 11.8 Å². The number of benzene rings is 2. The summed E-state index contributed by atoms with van der Waals surface area (Å²) in [6, 6.07) is 16.2. The molecule has 0 aliphatic carbocycles. The molecule has 1 amide bonds. The van der Waals surface area contributed by atoms with Crippen LogP contribution in [0.5, 0.6) is 0 Å². The topological polar surface area (TPSA) is 44.1 Å². The molecule has 124 valence electrons. The Morgan fingerprint density at radius 3 is 2.38 bits per heavy atom. The van der Waals surface area contributed by atoms with Gasteiger partial charge in [0.2, 0.25) is 5.91 Å². The van der Waals surface area contributed by atoms with Crippen LogP contribution in [0.3, 0.4) is 0 Å². The Hall–Kier alpha value is -2.25. The van der Waals surface area contributed by atoms with E-state index < -0.39 is 0 Å². The van der Waals surface area contributed by atoms with E-state index in [1.54, 1.807) is 16.7 Å². The number of amides is 1. The number of aryl methyl sites for hydroxylation is 3. The predicted molar refractivity (Wildman–Crippen MR) is 100 cm³/mol. The van der Waals surface area contributed by atoms with Gasteiger partial charge in [-0.2, -0.15) is 5.26 Å². The zero-order valence-electron chi connectivity index (χ0n) is 14.4. The van der Waals surface area contributed by atoms with Crippen molar-refractivity contribution in [3.63, 3.8) is 0 Å². The molecule has 0 aliphatic rings. The molecule has 2 aromatic carbocycles. The van der Waals surface area contributed by atoms with Crippen molar-refractivity contribution in [1.29, 1.82) is 5.26 Å². The standard InChI is InChI=1S/C20H22N2OS/c1-15-5-8-18(9-6-15)22(12-4-11-21)20(23)14-24-19-10-7-16(2)13-17(19)3/h5-10,13H,4,12,14H2,1-3H3. The number of hydrogen-bond donors (Lipinski definition) is 0. The Bertz CT molecular complexity index is 747. The highest BCUT2D eigenvalue weighted by Crippen LogP contribution is 2.25. The molecule has 0 aromatic heterocycles. The lowest BCUT2D eigenvalue weighted by atomic mass is 10.2. The Morgan fingerprint density at radius 2 is 1.75 bits per heavy atom. The maximum absolute atomic E-state index is 12.7. The van der Waals surface area contributed by atoms with Gasteiger partial charge in [-0.1, -0.05) is 35.4 Å². The summed E-state index contributed by atoms with van der Waals surface area (Å²) in [7, 11) is 0. The average Bonchev–Trinajstić information content (AvgIpc) is 2.56. The van der Waals surface area contributed by atoms with Crippen molar-refractivity contribution < 1.29 is 4.79 Å². The molecule has 0 atom stereocenters. The van der Waals surface area contributed by atoms with Gasteiger partial charge in [0.15, 0.2) is 0 Å². The largest absolute Gasteiger partial charge is 0.311 e. The lowest BCUT2D eigenvalue weighted by Crippen LogP contribution is -2.33. The number of nitriles is 1. The number of thioether (sulfide) groups is 1. The summed E-state index contributed by atoms with van der Waals surface area (Å²) in [5.41, 5.74) is 4.41. The second kappa shape index (κ2) is 8.56. The van der Waals surface area contributed by atoms with E-state index >= 15 is 0 Å². The van der Waals surface area contributed by atoms with E-state index in [-0.39, 0.29) is 5.91 Å². The van der Waals surface area contributed by atoms with E-state index in [9.17, 15) is 4.79 Å². The number of anilines is 1. The molecular weight excluding hydrogens is 316 g/mol. The van der Waals surface area contributed by atoms with E-state index in [4.69, 9.17) is 5.26 Å². The van der Waals surface area contributed by atoms with Crippen LogP contribution in [0.15, 0.2) is 47.4 Å². The number of hydrogen-bond acceptors (Lipinski definition) is 3. The van der Waals surface area contributed by atoms with Crippen LogP contribution in [0, 0.1) is 32.1 Å². The fraction of sp³-hybridized carbons (Fsp3) is 0.300. The van der Waals surface area contributed by atoms with Crippen LogP contribution < -0.4 is 4.90 Å². The fourth-order valence-corrected chi connectivity index (χ4v) is 3.35. The molecule has 2 aromatic rings. The Labute approximate surface area is 148 Å². The van der Waals surface area contributed by atoms with E-state index in [0.717, 1.165) is 16.1 Å². The predicted octanol–water partition coefficient (Wildman–Crippen LogP) is 4.65. The lowest BCUT2D eigenvalue weighted by molar-refractivity contribution is -0.116. The molecule has 0 bridgehead atoms. The summed E-state index contributed by atoms with van der Waals surface area (Å²) < 4.78 is 0. The van der Waals surface area contributed by atoms with Gasteiger partial charge in [-0.15, -0.1) is 11.8 Å². The van der Waals surface area contributed by atoms with Crippen LogP contribution in [0.1, 0.15) is 23.1 Å². The van der Waals surface area contributed by atoms with Crippen molar-refractivity contribution in [3.8, 4) is 6.07 Å². The number of carbonyl (C=O) groups excluding carboxylic acids is 1. The molecule has 3 nitrogen and oxygen atoms in total. The second-order valence-corrected chi connectivity index (χ2v) is 6.86. The molecule has 0 spiro atoms. The molecule has 4 heteroatoms. The third kappa shape index (κ3) is 4.87. The van der Waals surface area contributed by atoms with Gasteiger partial charge in [0.25, 0.3) is 0 Å². The molecule has 0 saturated carbocycles. The maximum Gasteiger partial charge on any atom is 0.237 e. The van der Waals surface area contributed by atoms with Gasteiger partial charge in [-0.3, -0.25) is 4.79 Å². The minimum atomic E-state index is 0.0269. The molecule has 2 rings (SSSR count). The van der Waals surface area contributed by atoms with Crippen LogP contribution in [0.25, 0.3) is 0 Å².